The highest BCUT2D eigenvalue weighted by molar-refractivity contribution is 5.85. The number of hydrogen-bond donors (Lipinski definition) is 1. The molecule has 0 aliphatic heterocycles. The molecule has 2 N–H and O–H groups in total. The molecule has 17 heavy (non-hydrogen) atoms. The van der Waals surface area contributed by atoms with Crippen LogP contribution in [0.4, 0.5) is 4.39 Å². The van der Waals surface area contributed by atoms with Crippen molar-refractivity contribution in [1.82, 2.24) is 14.8 Å². The molecule has 2 aromatic rings. The first-order valence-electron chi connectivity index (χ1n) is 4.59. The molecule has 0 radical (unpaired) electrons. The fourth-order valence-corrected chi connectivity index (χ4v) is 1.23. The summed E-state index contributed by atoms with van der Waals surface area (Å²) in [4.78, 5) is 4.14. The molecular weight excluding hydrogens is 266 g/mol. The summed E-state index contributed by atoms with van der Waals surface area (Å²) >= 11 is 0. The Morgan fingerprint density at radius 1 is 1.29 bits per heavy atom. The molecule has 0 bridgehead atoms. The van der Waals surface area contributed by atoms with Gasteiger partial charge in [-0.15, -0.1) is 24.8 Å². The largest absolute Gasteiger partial charge is 0.324 e. The maximum absolute atomic E-state index is 12.7. The third-order valence-electron chi connectivity index (χ3n) is 2.08. The highest BCUT2D eigenvalue weighted by Crippen LogP contribution is 2.10. The molecular formula is C10H13Cl2FN4. The van der Waals surface area contributed by atoms with Gasteiger partial charge in [0.05, 0.1) is 12.4 Å². The van der Waals surface area contributed by atoms with E-state index in [1.807, 2.05) is 13.0 Å². The summed E-state index contributed by atoms with van der Waals surface area (Å²) < 4.78 is 14.1. The number of nitrogens with zero attached hydrogens (tertiary/aromatic N) is 3. The van der Waals surface area contributed by atoms with Gasteiger partial charge in [-0.3, -0.25) is 0 Å². The van der Waals surface area contributed by atoms with Gasteiger partial charge in [-0.1, -0.05) is 6.07 Å². The second-order valence-corrected chi connectivity index (χ2v) is 3.34. The smallest absolute Gasteiger partial charge is 0.161 e. The number of pyridine rings is 1. The van der Waals surface area contributed by atoms with Gasteiger partial charge < -0.3 is 5.73 Å². The van der Waals surface area contributed by atoms with E-state index >= 15 is 0 Å². The summed E-state index contributed by atoms with van der Waals surface area (Å²) in [7, 11) is 0. The number of rotatable bonds is 2. The lowest BCUT2D eigenvalue weighted by Crippen LogP contribution is -2.06. The Morgan fingerprint density at radius 3 is 2.41 bits per heavy atom. The molecule has 0 saturated carbocycles. The highest BCUT2D eigenvalue weighted by atomic mass is 35.5. The molecule has 0 aromatic carbocycles. The zero-order chi connectivity index (χ0) is 10.8. The van der Waals surface area contributed by atoms with Gasteiger partial charge in [0, 0.05) is 12.2 Å². The summed E-state index contributed by atoms with van der Waals surface area (Å²) in [6.07, 6.45) is 4.08. The topological polar surface area (TPSA) is 56.7 Å². The second kappa shape index (κ2) is 6.54. The molecule has 0 fully saturated rings. The maximum atomic E-state index is 12.7. The molecule has 2 heterocycles. The van der Waals surface area contributed by atoms with Gasteiger partial charge in [-0.05, 0) is 18.6 Å². The summed E-state index contributed by atoms with van der Waals surface area (Å²) in [6.45, 7) is 1.88. The van der Waals surface area contributed by atoms with Crippen molar-refractivity contribution in [3.05, 3.63) is 42.1 Å². The SMILES string of the molecule is CC(N)c1ccc(-n2cc(F)cn2)nc1.Cl.Cl. The first-order chi connectivity index (χ1) is 7.16. The van der Waals surface area contributed by atoms with Crippen molar-refractivity contribution >= 4 is 24.8 Å². The third-order valence-corrected chi connectivity index (χ3v) is 2.08. The average Bonchev–Trinajstić information content (AvgIpc) is 2.65. The zero-order valence-electron chi connectivity index (χ0n) is 9.08. The van der Waals surface area contributed by atoms with E-state index in [9.17, 15) is 4.39 Å². The molecule has 0 spiro atoms. The quantitative estimate of drug-likeness (QED) is 0.917. The number of halogens is 3. The minimum atomic E-state index is -0.381. The van der Waals surface area contributed by atoms with Gasteiger partial charge in [-0.2, -0.15) is 5.10 Å². The summed E-state index contributed by atoms with van der Waals surface area (Å²) in [5.74, 6) is 0.191. The van der Waals surface area contributed by atoms with E-state index in [2.05, 4.69) is 10.1 Å². The maximum Gasteiger partial charge on any atom is 0.161 e. The van der Waals surface area contributed by atoms with Crippen LogP contribution in [-0.2, 0) is 0 Å². The predicted octanol–water partition coefficient (Wildman–Crippen LogP) is 2.27. The Morgan fingerprint density at radius 2 is 2.00 bits per heavy atom. The molecule has 1 atom stereocenters. The normalized spacial score (nSPS) is 11.2. The Kier molecular flexibility index (Phi) is 6.09. The molecule has 0 aliphatic carbocycles. The highest BCUT2D eigenvalue weighted by Gasteiger charge is 2.03. The Labute approximate surface area is 111 Å². The predicted molar refractivity (Wildman–Crippen MR) is 68.4 cm³/mol. The van der Waals surface area contributed by atoms with Gasteiger partial charge in [-0.25, -0.2) is 14.1 Å². The monoisotopic (exact) mass is 278 g/mol. The molecule has 1 unspecified atom stereocenters. The molecule has 4 nitrogen and oxygen atoms in total. The first kappa shape index (κ1) is 15.8. The van der Waals surface area contributed by atoms with Crippen LogP contribution in [0.3, 0.4) is 0 Å². The Hall–Kier alpha value is -1.17. The van der Waals surface area contributed by atoms with E-state index in [-0.39, 0.29) is 36.7 Å². The molecule has 2 aromatic heterocycles. The van der Waals surface area contributed by atoms with Crippen LogP contribution in [0.2, 0.25) is 0 Å². The number of nitrogens with two attached hydrogens (primary N) is 1. The number of aromatic nitrogens is 3. The van der Waals surface area contributed by atoms with Gasteiger partial charge in [0.2, 0.25) is 0 Å². The summed E-state index contributed by atoms with van der Waals surface area (Å²) in [5.41, 5.74) is 6.62. The van der Waals surface area contributed by atoms with Gasteiger partial charge >= 0.3 is 0 Å². The van der Waals surface area contributed by atoms with Crippen LogP contribution in [0.5, 0.6) is 0 Å². The van der Waals surface area contributed by atoms with Crippen molar-refractivity contribution in [1.29, 1.82) is 0 Å². The lowest BCUT2D eigenvalue weighted by atomic mass is 10.2. The van der Waals surface area contributed by atoms with Crippen LogP contribution < -0.4 is 5.73 Å². The molecule has 94 valence electrons. The van der Waals surface area contributed by atoms with Crippen LogP contribution in [-0.4, -0.2) is 14.8 Å². The molecule has 0 amide bonds. The fraction of sp³-hybridized carbons (Fsp3) is 0.200. The van der Waals surface area contributed by atoms with Crippen LogP contribution in [0.15, 0.2) is 30.7 Å². The van der Waals surface area contributed by atoms with Crippen molar-refractivity contribution in [2.45, 2.75) is 13.0 Å². The van der Waals surface area contributed by atoms with Crippen LogP contribution in [0, 0.1) is 5.82 Å². The summed E-state index contributed by atoms with van der Waals surface area (Å²) in [6, 6.07) is 3.55. The van der Waals surface area contributed by atoms with Crippen LogP contribution >= 0.6 is 24.8 Å². The molecule has 0 saturated heterocycles. The van der Waals surface area contributed by atoms with Crippen molar-refractivity contribution in [3.8, 4) is 5.82 Å². The van der Waals surface area contributed by atoms with Crippen molar-refractivity contribution in [2.75, 3.05) is 0 Å². The fourth-order valence-electron chi connectivity index (χ4n) is 1.23. The van der Waals surface area contributed by atoms with Gasteiger partial charge in [0.15, 0.2) is 11.6 Å². The summed E-state index contributed by atoms with van der Waals surface area (Å²) in [5, 5.41) is 3.81. The van der Waals surface area contributed by atoms with Crippen molar-refractivity contribution in [2.24, 2.45) is 5.73 Å². The van der Waals surface area contributed by atoms with E-state index in [0.717, 1.165) is 11.8 Å². The second-order valence-electron chi connectivity index (χ2n) is 3.34. The molecule has 2 rings (SSSR count). The standard InChI is InChI=1S/C10H11FN4.2ClH/c1-7(12)8-2-3-10(13-4-8)15-6-9(11)5-14-15;;/h2-7H,12H2,1H3;2*1H. The lowest BCUT2D eigenvalue weighted by Gasteiger charge is -2.05. The minimum Gasteiger partial charge on any atom is -0.324 e. The van der Waals surface area contributed by atoms with E-state index in [1.54, 1.807) is 12.3 Å². The van der Waals surface area contributed by atoms with Gasteiger partial charge in [0.1, 0.15) is 0 Å². The molecule has 0 aliphatic rings. The van der Waals surface area contributed by atoms with Crippen LogP contribution in [0.25, 0.3) is 5.82 Å². The Balaban J connectivity index is 0.00000128. The van der Waals surface area contributed by atoms with E-state index in [0.29, 0.717) is 5.82 Å². The first-order valence-corrected chi connectivity index (χ1v) is 4.59. The van der Waals surface area contributed by atoms with Crippen LogP contribution in [0.1, 0.15) is 18.5 Å². The van der Waals surface area contributed by atoms with Crippen molar-refractivity contribution in [3.63, 3.8) is 0 Å². The third kappa shape index (κ3) is 3.66. The minimum absolute atomic E-state index is 0. The van der Waals surface area contributed by atoms with E-state index in [4.69, 9.17) is 5.73 Å². The van der Waals surface area contributed by atoms with E-state index < -0.39 is 0 Å². The van der Waals surface area contributed by atoms with Gasteiger partial charge in [0.25, 0.3) is 0 Å². The van der Waals surface area contributed by atoms with Crippen molar-refractivity contribution < 1.29 is 4.39 Å². The van der Waals surface area contributed by atoms with E-state index in [1.165, 1.54) is 10.9 Å². The lowest BCUT2D eigenvalue weighted by molar-refractivity contribution is 0.627. The number of hydrogen-bond acceptors (Lipinski definition) is 3. The average molecular weight is 279 g/mol. The molecule has 7 heteroatoms. The Bertz CT molecular complexity index is 456. The zero-order valence-corrected chi connectivity index (χ0v) is 10.7.